The van der Waals surface area contributed by atoms with Gasteiger partial charge in [0.25, 0.3) is 0 Å². The fourth-order valence-electron chi connectivity index (χ4n) is 3.61. The average molecular weight is 263 g/mol. The number of aryl methyl sites for hydroxylation is 1. The molecule has 0 aliphatic carbocycles. The number of benzene rings is 1. The maximum Gasteiger partial charge on any atom is 0.158 e. The largest absolute Gasteiger partial charge is 0.158 e. The third kappa shape index (κ3) is 2.22. The lowest BCUT2D eigenvalue weighted by molar-refractivity contribution is 0.386. The predicted octanol–water partition coefficient (Wildman–Crippen LogP) is 4.82. The highest BCUT2D eigenvalue weighted by Crippen LogP contribution is 2.46. The molecule has 0 aromatic heterocycles. The average Bonchev–Trinajstić information content (AvgIpc) is 2.62. The van der Waals surface area contributed by atoms with Gasteiger partial charge < -0.3 is 0 Å². The van der Waals surface area contributed by atoms with Crippen molar-refractivity contribution in [1.82, 2.24) is 0 Å². The van der Waals surface area contributed by atoms with E-state index in [9.17, 15) is 0 Å². The Morgan fingerprint density at radius 3 is 1.89 bits per heavy atom. The second-order valence-electron chi connectivity index (χ2n) is 5.75. The zero-order chi connectivity index (χ0) is 13.3. The zero-order valence-electron chi connectivity index (χ0n) is 12.4. The molecule has 4 unspecified atom stereocenters. The molecule has 1 heterocycles. The van der Waals surface area contributed by atoms with Crippen molar-refractivity contribution in [3.05, 3.63) is 29.8 Å². The number of hydrogen-bond acceptors (Lipinski definition) is 0. The molecule has 0 spiro atoms. The molecule has 1 aliphatic heterocycles. The van der Waals surface area contributed by atoms with E-state index in [-0.39, 0.29) is 0 Å². The standard InChI is InChI=1S/C17H27S/c1-6-15-13(4)14(5)16(7-2)18(15)17-11-9-8-10-12(17)3/h8-11,13-16H,6-7H2,1-5H3/q+1. The summed E-state index contributed by atoms with van der Waals surface area (Å²) in [7, 11) is 0.462. The minimum absolute atomic E-state index is 0.462. The summed E-state index contributed by atoms with van der Waals surface area (Å²) < 4.78 is 0. The molecular formula is C17H27S+. The Balaban J connectivity index is 2.42. The van der Waals surface area contributed by atoms with Crippen LogP contribution in [-0.4, -0.2) is 10.5 Å². The van der Waals surface area contributed by atoms with Gasteiger partial charge in [-0.25, -0.2) is 0 Å². The maximum absolute atomic E-state index is 2.48. The molecule has 1 saturated heterocycles. The van der Waals surface area contributed by atoms with E-state index in [0.29, 0.717) is 10.9 Å². The predicted molar refractivity (Wildman–Crippen MR) is 83.3 cm³/mol. The van der Waals surface area contributed by atoms with Crippen molar-refractivity contribution >= 4 is 10.9 Å². The summed E-state index contributed by atoms with van der Waals surface area (Å²) in [6.45, 7) is 12.0. The van der Waals surface area contributed by atoms with Crippen molar-refractivity contribution in [2.75, 3.05) is 0 Å². The molecular weight excluding hydrogens is 236 g/mol. The molecule has 1 aromatic rings. The van der Waals surface area contributed by atoms with Gasteiger partial charge in [-0.05, 0) is 25.8 Å². The Morgan fingerprint density at radius 1 is 0.944 bits per heavy atom. The lowest BCUT2D eigenvalue weighted by Crippen LogP contribution is -2.26. The van der Waals surface area contributed by atoms with Gasteiger partial charge in [0.15, 0.2) is 4.90 Å². The zero-order valence-corrected chi connectivity index (χ0v) is 13.3. The van der Waals surface area contributed by atoms with E-state index in [0.717, 1.165) is 22.3 Å². The second kappa shape index (κ2) is 5.69. The van der Waals surface area contributed by atoms with Crippen LogP contribution in [0.15, 0.2) is 29.2 Å². The molecule has 18 heavy (non-hydrogen) atoms. The molecule has 0 radical (unpaired) electrons. The molecule has 0 N–H and O–H groups in total. The fourth-order valence-corrected chi connectivity index (χ4v) is 7.53. The minimum Gasteiger partial charge on any atom is -0.0616 e. The van der Waals surface area contributed by atoms with Gasteiger partial charge in [-0.3, -0.25) is 0 Å². The lowest BCUT2D eigenvalue weighted by Gasteiger charge is -2.17. The highest BCUT2D eigenvalue weighted by Gasteiger charge is 2.53. The Morgan fingerprint density at radius 2 is 1.44 bits per heavy atom. The normalized spacial score (nSPS) is 35.9. The van der Waals surface area contributed by atoms with Crippen LogP contribution in [0.4, 0.5) is 0 Å². The van der Waals surface area contributed by atoms with Crippen LogP contribution in [0.3, 0.4) is 0 Å². The van der Waals surface area contributed by atoms with Crippen LogP contribution < -0.4 is 0 Å². The molecule has 0 saturated carbocycles. The van der Waals surface area contributed by atoms with E-state index >= 15 is 0 Å². The third-order valence-electron chi connectivity index (χ3n) is 4.81. The first-order valence-electron chi connectivity index (χ1n) is 7.39. The van der Waals surface area contributed by atoms with Gasteiger partial charge in [-0.2, -0.15) is 0 Å². The van der Waals surface area contributed by atoms with Crippen LogP contribution >= 0.6 is 0 Å². The first-order valence-corrected chi connectivity index (χ1v) is 8.74. The molecule has 4 atom stereocenters. The molecule has 100 valence electrons. The first-order chi connectivity index (χ1) is 8.61. The summed E-state index contributed by atoms with van der Waals surface area (Å²) in [5.41, 5.74) is 1.50. The van der Waals surface area contributed by atoms with E-state index in [2.05, 4.69) is 58.9 Å². The summed E-state index contributed by atoms with van der Waals surface area (Å²) in [5, 5.41) is 1.79. The number of rotatable bonds is 3. The van der Waals surface area contributed by atoms with E-state index in [1.807, 2.05) is 0 Å². The Labute approximate surface area is 116 Å². The Hall–Kier alpha value is -0.430. The van der Waals surface area contributed by atoms with E-state index in [4.69, 9.17) is 0 Å². The van der Waals surface area contributed by atoms with E-state index in [1.165, 1.54) is 18.4 Å². The van der Waals surface area contributed by atoms with E-state index < -0.39 is 0 Å². The topological polar surface area (TPSA) is 0 Å². The Kier molecular flexibility index (Phi) is 4.42. The molecule has 1 heteroatoms. The van der Waals surface area contributed by atoms with Crippen LogP contribution in [0.1, 0.15) is 46.1 Å². The van der Waals surface area contributed by atoms with Gasteiger partial charge in [-0.1, -0.05) is 45.9 Å². The molecule has 0 nitrogen and oxygen atoms in total. The molecule has 2 rings (SSSR count). The summed E-state index contributed by atoms with van der Waals surface area (Å²) in [6.07, 6.45) is 2.67. The third-order valence-corrected chi connectivity index (χ3v) is 8.60. The van der Waals surface area contributed by atoms with Crippen molar-refractivity contribution in [3.8, 4) is 0 Å². The van der Waals surface area contributed by atoms with Gasteiger partial charge in [-0.15, -0.1) is 0 Å². The second-order valence-corrected chi connectivity index (χ2v) is 8.14. The minimum atomic E-state index is 0.462. The molecule has 1 aromatic carbocycles. The van der Waals surface area contributed by atoms with Gasteiger partial charge in [0.1, 0.15) is 10.5 Å². The molecule has 0 amide bonds. The van der Waals surface area contributed by atoms with Crippen LogP contribution in [-0.2, 0) is 10.9 Å². The highest BCUT2D eigenvalue weighted by atomic mass is 32.2. The van der Waals surface area contributed by atoms with Gasteiger partial charge in [0.2, 0.25) is 0 Å². The van der Waals surface area contributed by atoms with Gasteiger partial charge in [0, 0.05) is 28.3 Å². The lowest BCUT2D eigenvalue weighted by atomic mass is 9.89. The molecule has 1 fully saturated rings. The summed E-state index contributed by atoms with van der Waals surface area (Å²) in [6, 6.07) is 9.07. The van der Waals surface area contributed by atoms with Crippen LogP contribution in [0, 0.1) is 18.8 Å². The van der Waals surface area contributed by atoms with Crippen molar-refractivity contribution in [2.45, 2.75) is 62.9 Å². The summed E-state index contributed by atoms with van der Waals surface area (Å²) in [5.74, 6) is 1.76. The fraction of sp³-hybridized carbons (Fsp3) is 0.647. The highest BCUT2D eigenvalue weighted by molar-refractivity contribution is 7.98. The van der Waals surface area contributed by atoms with E-state index in [1.54, 1.807) is 4.90 Å². The Bertz CT molecular complexity index is 382. The quantitative estimate of drug-likeness (QED) is 0.686. The number of hydrogen-bond donors (Lipinski definition) is 0. The molecule has 1 aliphatic rings. The van der Waals surface area contributed by atoms with Crippen molar-refractivity contribution in [3.63, 3.8) is 0 Å². The van der Waals surface area contributed by atoms with Crippen LogP contribution in [0.5, 0.6) is 0 Å². The first kappa shape index (κ1) is 14.0. The smallest absolute Gasteiger partial charge is 0.0616 e. The summed E-state index contributed by atoms with van der Waals surface area (Å²) in [4.78, 5) is 1.65. The van der Waals surface area contributed by atoms with Crippen molar-refractivity contribution in [1.29, 1.82) is 0 Å². The summed E-state index contributed by atoms with van der Waals surface area (Å²) >= 11 is 0. The van der Waals surface area contributed by atoms with Gasteiger partial charge >= 0.3 is 0 Å². The van der Waals surface area contributed by atoms with Crippen LogP contribution in [0.25, 0.3) is 0 Å². The van der Waals surface area contributed by atoms with Crippen molar-refractivity contribution < 1.29 is 0 Å². The monoisotopic (exact) mass is 263 g/mol. The SMILES string of the molecule is CCC1C(C)C(C)C(CC)[S+]1c1ccccc1C. The van der Waals surface area contributed by atoms with Gasteiger partial charge in [0.05, 0.1) is 0 Å². The van der Waals surface area contributed by atoms with Crippen molar-refractivity contribution in [2.24, 2.45) is 11.8 Å². The maximum atomic E-state index is 2.48. The van der Waals surface area contributed by atoms with Crippen LogP contribution in [0.2, 0.25) is 0 Å². The molecule has 0 bridgehead atoms.